The fourth-order valence-electron chi connectivity index (χ4n) is 3.24. The highest BCUT2D eigenvalue weighted by Gasteiger charge is 2.31. The fourth-order valence-corrected chi connectivity index (χ4v) is 3.24. The molecule has 26 heavy (non-hydrogen) atoms. The fraction of sp³-hybridized carbons (Fsp3) is 0.381. The van der Waals surface area contributed by atoms with E-state index in [4.69, 9.17) is 10.5 Å². The third-order valence-corrected chi connectivity index (χ3v) is 5.15. The Morgan fingerprint density at radius 2 is 2.12 bits per heavy atom. The van der Waals surface area contributed by atoms with Crippen molar-refractivity contribution in [3.8, 4) is 5.75 Å². The van der Waals surface area contributed by atoms with Gasteiger partial charge in [-0.1, -0.05) is 19.1 Å². The minimum atomic E-state index is -0.339. The molecule has 3 rings (SSSR count). The monoisotopic (exact) mass is 353 g/mol. The molecule has 0 saturated heterocycles. The molecule has 2 atom stereocenters. The van der Waals surface area contributed by atoms with Crippen LogP contribution in [0.4, 0.5) is 17.1 Å². The number of nitrogens with two attached hydrogens (primary N) is 1. The van der Waals surface area contributed by atoms with Crippen molar-refractivity contribution in [2.75, 3.05) is 22.5 Å². The normalized spacial score (nSPS) is 17.2. The number of ether oxygens (including phenoxy) is 1. The van der Waals surface area contributed by atoms with Crippen molar-refractivity contribution in [2.45, 2.75) is 46.3 Å². The first-order chi connectivity index (χ1) is 12.4. The molecule has 5 heteroatoms. The van der Waals surface area contributed by atoms with Crippen molar-refractivity contribution in [1.29, 1.82) is 0 Å². The average Bonchev–Trinajstić information content (AvgIpc) is 2.64. The van der Waals surface area contributed by atoms with E-state index in [1.807, 2.05) is 57.2 Å². The van der Waals surface area contributed by atoms with Crippen LogP contribution in [0, 0.1) is 13.8 Å². The second kappa shape index (κ2) is 7.28. The Morgan fingerprint density at radius 3 is 2.85 bits per heavy atom. The van der Waals surface area contributed by atoms with Gasteiger partial charge in [-0.3, -0.25) is 4.79 Å². The first-order valence-electron chi connectivity index (χ1n) is 9.10. The van der Waals surface area contributed by atoms with Crippen LogP contribution in [0.3, 0.4) is 0 Å². The number of amides is 1. The van der Waals surface area contributed by atoms with Crippen molar-refractivity contribution in [1.82, 2.24) is 0 Å². The average molecular weight is 353 g/mol. The Balaban J connectivity index is 1.86. The number of benzene rings is 2. The van der Waals surface area contributed by atoms with Gasteiger partial charge in [0.25, 0.3) is 0 Å². The summed E-state index contributed by atoms with van der Waals surface area (Å²) >= 11 is 0. The number of hydrogen-bond acceptors (Lipinski definition) is 4. The van der Waals surface area contributed by atoms with Crippen LogP contribution in [0.2, 0.25) is 0 Å². The summed E-state index contributed by atoms with van der Waals surface area (Å²) in [5, 5.41) is 3.07. The maximum absolute atomic E-state index is 12.9. The summed E-state index contributed by atoms with van der Waals surface area (Å²) in [6, 6.07) is 11.2. The lowest BCUT2D eigenvalue weighted by atomic mass is 10.1. The molecule has 1 amide bonds. The number of aryl methyl sites for hydroxylation is 1. The number of carbonyl (C=O) groups is 1. The first-order valence-corrected chi connectivity index (χ1v) is 9.10. The molecule has 0 saturated carbocycles. The lowest BCUT2D eigenvalue weighted by Gasteiger charge is -2.39. The van der Waals surface area contributed by atoms with E-state index in [2.05, 4.69) is 17.1 Å². The summed E-state index contributed by atoms with van der Waals surface area (Å²) in [7, 11) is 0. The van der Waals surface area contributed by atoms with Crippen LogP contribution in [0.15, 0.2) is 36.4 Å². The molecule has 0 bridgehead atoms. The standard InChI is InChI=1S/C21H27N3O2/c1-5-17-12-24(19-11-16(22)9-10-20(19)26-17)15(4)21(25)23-18-8-6-7-13(2)14(18)3/h6-11,15,17H,5,12,22H2,1-4H3,(H,23,25). The van der Waals surface area contributed by atoms with Gasteiger partial charge in [0.05, 0.1) is 12.2 Å². The molecule has 138 valence electrons. The van der Waals surface area contributed by atoms with Gasteiger partial charge in [0.15, 0.2) is 0 Å². The number of fused-ring (bicyclic) bond motifs is 1. The summed E-state index contributed by atoms with van der Waals surface area (Å²) in [4.78, 5) is 15.0. The summed E-state index contributed by atoms with van der Waals surface area (Å²) in [6.07, 6.45) is 0.938. The highest BCUT2D eigenvalue weighted by atomic mass is 16.5. The molecule has 1 aliphatic heterocycles. The zero-order chi connectivity index (χ0) is 18.8. The molecule has 2 unspecified atom stereocenters. The van der Waals surface area contributed by atoms with E-state index in [1.54, 1.807) is 0 Å². The van der Waals surface area contributed by atoms with Crippen LogP contribution < -0.4 is 20.7 Å². The van der Waals surface area contributed by atoms with Gasteiger partial charge in [0.1, 0.15) is 17.9 Å². The smallest absolute Gasteiger partial charge is 0.246 e. The number of nitrogens with one attached hydrogen (secondary N) is 1. The number of carbonyl (C=O) groups excluding carboxylic acids is 1. The van der Waals surface area contributed by atoms with Crippen molar-refractivity contribution in [3.05, 3.63) is 47.5 Å². The lowest BCUT2D eigenvalue weighted by molar-refractivity contribution is -0.117. The SMILES string of the molecule is CCC1CN(C(C)C(=O)Nc2cccc(C)c2C)c2cc(N)ccc2O1. The number of rotatable bonds is 4. The van der Waals surface area contributed by atoms with Crippen LogP contribution >= 0.6 is 0 Å². The molecule has 1 aliphatic rings. The lowest BCUT2D eigenvalue weighted by Crippen LogP contribution is -2.49. The van der Waals surface area contributed by atoms with Gasteiger partial charge in [-0.05, 0) is 62.6 Å². The number of nitrogens with zero attached hydrogens (tertiary/aromatic N) is 1. The largest absolute Gasteiger partial charge is 0.486 e. The van der Waals surface area contributed by atoms with Crippen molar-refractivity contribution >= 4 is 23.0 Å². The van der Waals surface area contributed by atoms with Crippen LogP contribution in [-0.2, 0) is 4.79 Å². The predicted octanol–water partition coefficient (Wildman–Crippen LogP) is 3.89. The molecule has 2 aromatic carbocycles. The Labute approximate surface area is 155 Å². The van der Waals surface area contributed by atoms with Gasteiger partial charge in [0.2, 0.25) is 5.91 Å². The van der Waals surface area contributed by atoms with E-state index in [9.17, 15) is 4.79 Å². The summed E-state index contributed by atoms with van der Waals surface area (Å²) in [5.74, 6) is 0.743. The molecule has 0 aromatic heterocycles. The predicted molar refractivity (Wildman–Crippen MR) is 107 cm³/mol. The van der Waals surface area contributed by atoms with E-state index in [1.165, 1.54) is 0 Å². The minimum absolute atomic E-state index is 0.0381. The Kier molecular flexibility index (Phi) is 5.07. The number of nitrogen functional groups attached to an aromatic ring is 1. The van der Waals surface area contributed by atoms with E-state index in [0.29, 0.717) is 12.2 Å². The Hall–Kier alpha value is -2.69. The van der Waals surface area contributed by atoms with Crippen molar-refractivity contribution in [2.24, 2.45) is 0 Å². The summed E-state index contributed by atoms with van der Waals surface area (Å²) in [6.45, 7) is 8.74. The maximum atomic E-state index is 12.9. The van der Waals surface area contributed by atoms with E-state index in [0.717, 1.165) is 34.7 Å². The molecule has 0 fully saturated rings. The second-order valence-electron chi connectivity index (χ2n) is 6.94. The molecule has 2 aromatic rings. The molecule has 0 aliphatic carbocycles. The van der Waals surface area contributed by atoms with E-state index >= 15 is 0 Å². The van der Waals surface area contributed by atoms with Gasteiger partial charge in [0, 0.05) is 11.4 Å². The third kappa shape index (κ3) is 3.47. The molecule has 5 nitrogen and oxygen atoms in total. The van der Waals surface area contributed by atoms with Gasteiger partial charge in [-0.15, -0.1) is 0 Å². The van der Waals surface area contributed by atoms with Gasteiger partial charge in [-0.2, -0.15) is 0 Å². The van der Waals surface area contributed by atoms with Crippen LogP contribution in [-0.4, -0.2) is 24.6 Å². The number of anilines is 3. The maximum Gasteiger partial charge on any atom is 0.246 e. The zero-order valence-corrected chi connectivity index (χ0v) is 15.9. The minimum Gasteiger partial charge on any atom is -0.486 e. The van der Waals surface area contributed by atoms with E-state index in [-0.39, 0.29) is 18.1 Å². The molecular weight excluding hydrogens is 326 g/mol. The van der Waals surface area contributed by atoms with Crippen LogP contribution in [0.5, 0.6) is 5.75 Å². The van der Waals surface area contributed by atoms with Crippen molar-refractivity contribution < 1.29 is 9.53 Å². The first kappa shape index (κ1) is 18.1. The molecule has 3 N–H and O–H groups in total. The molecule has 1 heterocycles. The van der Waals surface area contributed by atoms with E-state index < -0.39 is 0 Å². The quantitative estimate of drug-likeness (QED) is 0.818. The Morgan fingerprint density at radius 1 is 1.35 bits per heavy atom. The molecular formula is C21H27N3O2. The highest BCUT2D eigenvalue weighted by molar-refractivity contribution is 5.97. The topological polar surface area (TPSA) is 67.6 Å². The van der Waals surface area contributed by atoms with Gasteiger partial charge in [-0.25, -0.2) is 0 Å². The van der Waals surface area contributed by atoms with Gasteiger partial charge >= 0.3 is 0 Å². The van der Waals surface area contributed by atoms with Crippen molar-refractivity contribution in [3.63, 3.8) is 0 Å². The summed E-state index contributed by atoms with van der Waals surface area (Å²) < 4.78 is 6.02. The third-order valence-electron chi connectivity index (χ3n) is 5.15. The molecule has 0 spiro atoms. The Bertz CT molecular complexity index is 819. The van der Waals surface area contributed by atoms with Crippen LogP contribution in [0.1, 0.15) is 31.4 Å². The van der Waals surface area contributed by atoms with Gasteiger partial charge < -0.3 is 20.7 Å². The summed E-state index contributed by atoms with van der Waals surface area (Å²) in [5.41, 5.74) is 10.6. The molecule has 0 radical (unpaired) electrons. The zero-order valence-electron chi connectivity index (χ0n) is 15.9. The highest BCUT2D eigenvalue weighted by Crippen LogP contribution is 2.37. The second-order valence-corrected chi connectivity index (χ2v) is 6.94. The number of hydrogen-bond donors (Lipinski definition) is 2. The van der Waals surface area contributed by atoms with Crippen LogP contribution in [0.25, 0.3) is 0 Å².